The lowest BCUT2D eigenvalue weighted by Gasteiger charge is -2.13. The highest BCUT2D eigenvalue weighted by atomic mass is 19.1. The zero-order valence-electron chi connectivity index (χ0n) is 14.7. The van der Waals surface area contributed by atoms with Gasteiger partial charge in [0.15, 0.2) is 0 Å². The van der Waals surface area contributed by atoms with Crippen LogP contribution in [0.2, 0.25) is 0 Å². The molecule has 138 valence electrons. The molecule has 0 saturated carbocycles. The molecule has 0 saturated heterocycles. The molecule has 0 atom stereocenters. The number of amides is 2. The standard InChI is InChI=1S/C18H20FN3O4/c1-11(23)21-15-8-12(4-6-14(15)19)20-10-18(24)22-16-9-13(25-2)5-7-17(16)26-3/h4-9,20H,10H2,1-3H3,(H,21,23)(H,22,24). The van der Waals surface area contributed by atoms with E-state index in [1.165, 1.54) is 39.3 Å². The zero-order valence-corrected chi connectivity index (χ0v) is 14.7. The quantitative estimate of drug-likeness (QED) is 0.706. The minimum Gasteiger partial charge on any atom is -0.497 e. The molecule has 0 radical (unpaired) electrons. The van der Waals surface area contributed by atoms with Crippen molar-refractivity contribution in [2.45, 2.75) is 6.92 Å². The van der Waals surface area contributed by atoms with Crippen LogP contribution in [-0.4, -0.2) is 32.6 Å². The predicted molar refractivity (Wildman–Crippen MR) is 97.4 cm³/mol. The van der Waals surface area contributed by atoms with Crippen molar-refractivity contribution >= 4 is 28.9 Å². The van der Waals surface area contributed by atoms with Gasteiger partial charge in [-0.15, -0.1) is 0 Å². The summed E-state index contributed by atoms with van der Waals surface area (Å²) >= 11 is 0. The molecule has 7 nitrogen and oxygen atoms in total. The number of ether oxygens (including phenoxy) is 2. The second-order valence-electron chi connectivity index (χ2n) is 5.34. The number of rotatable bonds is 7. The zero-order chi connectivity index (χ0) is 19.1. The maximum atomic E-state index is 13.6. The van der Waals surface area contributed by atoms with Gasteiger partial charge >= 0.3 is 0 Å². The summed E-state index contributed by atoms with van der Waals surface area (Å²) in [4.78, 5) is 23.2. The fraction of sp³-hybridized carbons (Fsp3) is 0.222. The second kappa shape index (κ2) is 8.70. The summed E-state index contributed by atoms with van der Waals surface area (Å²) in [5, 5.41) is 7.97. The number of carbonyl (C=O) groups excluding carboxylic acids is 2. The molecule has 0 spiro atoms. The van der Waals surface area contributed by atoms with Crippen LogP contribution in [-0.2, 0) is 9.59 Å². The third kappa shape index (κ3) is 5.10. The van der Waals surface area contributed by atoms with Crippen LogP contribution in [0.1, 0.15) is 6.92 Å². The Labute approximate surface area is 150 Å². The van der Waals surface area contributed by atoms with Gasteiger partial charge in [-0.2, -0.15) is 0 Å². The molecule has 0 unspecified atom stereocenters. The van der Waals surface area contributed by atoms with Gasteiger partial charge in [0.25, 0.3) is 0 Å². The normalized spacial score (nSPS) is 10.0. The lowest BCUT2D eigenvalue weighted by molar-refractivity contribution is -0.115. The maximum Gasteiger partial charge on any atom is 0.243 e. The van der Waals surface area contributed by atoms with Crippen molar-refractivity contribution in [3.63, 3.8) is 0 Å². The fourth-order valence-corrected chi connectivity index (χ4v) is 2.21. The van der Waals surface area contributed by atoms with E-state index in [9.17, 15) is 14.0 Å². The number of halogens is 1. The molecule has 0 heterocycles. The Balaban J connectivity index is 2.02. The first kappa shape index (κ1) is 19.0. The minimum absolute atomic E-state index is 0.0392. The summed E-state index contributed by atoms with van der Waals surface area (Å²) in [5.41, 5.74) is 0.997. The Bertz CT molecular complexity index is 811. The Morgan fingerprint density at radius 2 is 1.77 bits per heavy atom. The number of benzene rings is 2. The number of nitrogens with one attached hydrogen (secondary N) is 3. The average molecular weight is 361 g/mol. The van der Waals surface area contributed by atoms with Crippen LogP contribution in [0.3, 0.4) is 0 Å². The molecule has 2 aromatic rings. The molecule has 2 aromatic carbocycles. The Morgan fingerprint density at radius 1 is 1.00 bits per heavy atom. The number of hydrogen-bond donors (Lipinski definition) is 3. The van der Waals surface area contributed by atoms with Crippen LogP contribution in [0.5, 0.6) is 11.5 Å². The van der Waals surface area contributed by atoms with Crippen molar-refractivity contribution in [1.29, 1.82) is 0 Å². The summed E-state index contributed by atoms with van der Waals surface area (Å²) in [7, 11) is 3.02. The SMILES string of the molecule is COc1ccc(OC)c(NC(=O)CNc2ccc(F)c(NC(C)=O)c2)c1. The van der Waals surface area contributed by atoms with Crippen LogP contribution in [0.15, 0.2) is 36.4 Å². The monoisotopic (exact) mass is 361 g/mol. The molecular formula is C18H20FN3O4. The number of hydrogen-bond acceptors (Lipinski definition) is 5. The van der Waals surface area contributed by atoms with E-state index in [2.05, 4.69) is 16.0 Å². The van der Waals surface area contributed by atoms with Crippen molar-refractivity contribution in [2.24, 2.45) is 0 Å². The van der Waals surface area contributed by atoms with E-state index in [1.54, 1.807) is 18.2 Å². The van der Waals surface area contributed by atoms with Crippen molar-refractivity contribution < 1.29 is 23.5 Å². The maximum absolute atomic E-state index is 13.6. The molecule has 0 aromatic heterocycles. The Hall–Kier alpha value is -3.29. The van der Waals surface area contributed by atoms with E-state index in [1.807, 2.05) is 0 Å². The van der Waals surface area contributed by atoms with Crippen LogP contribution < -0.4 is 25.4 Å². The molecule has 0 bridgehead atoms. The molecule has 2 amide bonds. The van der Waals surface area contributed by atoms with E-state index in [4.69, 9.17) is 9.47 Å². The topological polar surface area (TPSA) is 88.7 Å². The van der Waals surface area contributed by atoms with Gasteiger partial charge in [-0.1, -0.05) is 0 Å². The molecular weight excluding hydrogens is 341 g/mol. The van der Waals surface area contributed by atoms with E-state index in [0.717, 1.165) is 0 Å². The van der Waals surface area contributed by atoms with Gasteiger partial charge in [0.1, 0.15) is 17.3 Å². The van der Waals surface area contributed by atoms with Crippen LogP contribution in [0, 0.1) is 5.82 Å². The summed E-state index contributed by atoms with van der Waals surface area (Å²) in [6.07, 6.45) is 0. The van der Waals surface area contributed by atoms with E-state index >= 15 is 0 Å². The summed E-state index contributed by atoms with van der Waals surface area (Å²) in [5.74, 6) is -0.205. The van der Waals surface area contributed by atoms with Gasteiger partial charge in [0.2, 0.25) is 11.8 Å². The predicted octanol–water partition coefficient (Wildman–Crippen LogP) is 2.85. The first-order valence-corrected chi connectivity index (χ1v) is 7.76. The first-order valence-electron chi connectivity index (χ1n) is 7.76. The number of carbonyl (C=O) groups is 2. The third-order valence-electron chi connectivity index (χ3n) is 3.41. The van der Waals surface area contributed by atoms with Crippen LogP contribution in [0.4, 0.5) is 21.5 Å². The van der Waals surface area contributed by atoms with Gasteiger partial charge < -0.3 is 25.4 Å². The summed E-state index contributed by atoms with van der Waals surface area (Å²) < 4.78 is 24.0. The Kier molecular flexibility index (Phi) is 6.37. The lowest BCUT2D eigenvalue weighted by Crippen LogP contribution is -2.22. The molecule has 2 rings (SSSR count). The molecule has 0 aliphatic rings. The lowest BCUT2D eigenvalue weighted by atomic mass is 10.2. The molecule has 0 aliphatic carbocycles. The number of methoxy groups -OCH3 is 2. The second-order valence-corrected chi connectivity index (χ2v) is 5.34. The molecule has 0 fully saturated rings. The summed E-state index contributed by atoms with van der Waals surface area (Å²) in [6.45, 7) is 1.22. The van der Waals surface area contributed by atoms with Crippen molar-refractivity contribution in [3.8, 4) is 11.5 Å². The number of anilines is 3. The van der Waals surface area contributed by atoms with E-state index < -0.39 is 5.82 Å². The average Bonchev–Trinajstić information content (AvgIpc) is 2.61. The Morgan fingerprint density at radius 3 is 2.42 bits per heavy atom. The largest absolute Gasteiger partial charge is 0.497 e. The van der Waals surface area contributed by atoms with Crippen molar-refractivity contribution in [1.82, 2.24) is 0 Å². The highest BCUT2D eigenvalue weighted by molar-refractivity contribution is 5.95. The van der Waals surface area contributed by atoms with Crippen LogP contribution >= 0.6 is 0 Å². The minimum atomic E-state index is -0.559. The molecule has 0 aliphatic heterocycles. The van der Waals surface area contributed by atoms with Gasteiger partial charge in [-0.05, 0) is 30.3 Å². The first-order chi connectivity index (χ1) is 12.4. The smallest absolute Gasteiger partial charge is 0.243 e. The van der Waals surface area contributed by atoms with Crippen molar-refractivity contribution in [2.75, 3.05) is 36.7 Å². The van der Waals surface area contributed by atoms with E-state index in [-0.39, 0.29) is 24.0 Å². The van der Waals surface area contributed by atoms with Gasteiger partial charge in [0, 0.05) is 18.7 Å². The van der Waals surface area contributed by atoms with E-state index in [0.29, 0.717) is 22.9 Å². The summed E-state index contributed by atoms with van der Waals surface area (Å²) in [6, 6.07) is 9.13. The molecule has 8 heteroatoms. The van der Waals surface area contributed by atoms with Gasteiger partial charge in [0.05, 0.1) is 32.1 Å². The van der Waals surface area contributed by atoms with Crippen molar-refractivity contribution in [3.05, 3.63) is 42.2 Å². The highest BCUT2D eigenvalue weighted by Gasteiger charge is 2.10. The molecule has 3 N–H and O–H groups in total. The van der Waals surface area contributed by atoms with Crippen LogP contribution in [0.25, 0.3) is 0 Å². The molecule has 26 heavy (non-hydrogen) atoms. The van der Waals surface area contributed by atoms with Gasteiger partial charge in [-0.3, -0.25) is 9.59 Å². The third-order valence-corrected chi connectivity index (χ3v) is 3.41. The fourth-order valence-electron chi connectivity index (χ4n) is 2.21. The van der Waals surface area contributed by atoms with Gasteiger partial charge in [-0.25, -0.2) is 4.39 Å². The highest BCUT2D eigenvalue weighted by Crippen LogP contribution is 2.28.